The topological polar surface area (TPSA) is 34.0 Å². The van der Waals surface area contributed by atoms with Crippen LogP contribution in [0, 0.1) is 0 Å². The smallest absolute Gasteiger partial charge is 0.0972 e. The normalized spacial score (nSPS) is 16.1. The molecule has 0 saturated carbocycles. The van der Waals surface area contributed by atoms with Crippen molar-refractivity contribution in [2.45, 2.75) is 12.0 Å². The molecule has 0 bridgehead atoms. The van der Waals surface area contributed by atoms with Gasteiger partial charge in [0.2, 0.25) is 0 Å². The fourth-order valence-electron chi connectivity index (χ4n) is 10.1. The van der Waals surface area contributed by atoms with Crippen molar-refractivity contribution in [3.05, 3.63) is 200 Å². The van der Waals surface area contributed by atoms with E-state index in [4.69, 9.17) is 9.97 Å². The zero-order chi connectivity index (χ0) is 37.9. The van der Waals surface area contributed by atoms with Crippen molar-refractivity contribution < 1.29 is 0 Å². The van der Waals surface area contributed by atoms with Gasteiger partial charge >= 0.3 is 0 Å². The molecule has 4 nitrogen and oxygen atoms in total. The summed E-state index contributed by atoms with van der Waals surface area (Å²) < 4.78 is 2.49. The standard InChI is InChI=1S/C54H34N4/c1-2-12-36(13-3-1)57-49-18-8-6-16-41(49)46-30-37(24-27-51(46)57)58-50-19-9-7-17-42(50)47-31-44-39-15-5-4-14-38(39)43-29-35(22-25-40(43)45(44)32-52(47)58)48-26-23-34-21-20-33-11-10-28-55-53(33)54(34)56-48/h1-32,41,49H. The van der Waals surface area contributed by atoms with Gasteiger partial charge in [-0.15, -0.1) is 0 Å². The SMILES string of the molecule is C1=CC2c3cc(-n4c5ccccc5c5cc6c7ccccc7c7cc(-c8ccc9ccc%10cccnc%10c9n8)ccc7c6cc54)ccc3N(c3ccccc3)C2C=C1. The molecule has 3 aromatic heterocycles. The molecule has 270 valence electrons. The summed E-state index contributed by atoms with van der Waals surface area (Å²) in [6.07, 6.45) is 11.0. The van der Waals surface area contributed by atoms with Crippen LogP contribution in [0.15, 0.2) is 194 Å². The highest BCUT2D eigenvalue weighted by Crippen LogP contribution is 2.49. The van der Waals surface area contributed by atoms with Gasteiger partial charge in [-0.1, -0.05) is 121 Å². The van der Waals surface area contributed by atoms with Crippen LogP contribution in [0.5, 0.6) is 0 Å². The van der Waals surface area contributed by atoms with E-state index in [2.05, 4.69) is 191 Å². The number of pyridine rings is 2. The number of aromatic nitrogens is 3. The number of rotatable bonds is 3. The van der Waals surface area contributed by atoms with Crippen LogP contribution < -0.4 is 4.90 Å². The van der Waals surface area contributed by atoms with Gasteiger partial charge < -0.3 is 9.47 Å². The maximum absolute atomic E-state index is 5.23. The lowest BCUT2D eigenvalue weighted by atomic mass is 9.91. The third-order valence-corrected chi connectivity index (χ3v) is 12.7. The van der Waals surface area contributed by atoms with E-state index < -0.39 is 0 Å². The van der Waals surface area contributed by atoms with Gasteiger partial charge in [-0.2, -0.15) is 0 Å². The highest BCUT2D eigenvalue weighted by molar-refractivity contribution is 6.29. The molecule has 0 radical (unpaired) electrons. The predicted molar refractivity (Wildman–Crippen MR) is 243 cm³/mol. The van der Waals surface area contributed by atoms with E-state index in [0.29, 0.717) is 0 Å². The number of fused-ring (bicyclic) bond motifs is 15. The summed E-state index contributed by atoms with van der Waals surface area (Å²) in [7, 11) is 0. The van der Waals surface area contributed by atoms with Gasteiger partial charge in [-0.25, -0.2) is 4.98 Å². The van der Waals surface area contributed by atoms with Gasteiger partial charge in [-0.05, 0) is 105 Å². The van der Waals surface area contributed by atoms with Gasteiger partial charge in [0.05, 0.1) is 33.8 Å². The molecular formula is C54H34N4. The Balaban J connectivity index is 1.04. The monoisotopic (exact) mass is 738 g/mol. The minimum atomic E-state index is 0.241. The van der Waals surface area contributed by atoms with E-state index in [1.807, 2.05) is 12.3 Å². The molecule has 2 unspecified atom stereocenters. The molecule has 11 aromatic rings. The van der Waals surface area contributed by atoms with E-state index in [0.717, 1.165) is 33.1 Å². The molecule has 2 aliphatic rings. The quantitative estimate of drug-likeness (QED) is 0.169. The number of anilines is 2. The van der Waals surface area contributed by atoms with Gasteiger partial charge in [0.25, 0.3) is 0 Å². The van der Waals surface area contributed by atoms with Crippen LogP contribution in [-0.4, -0.2) is 20.6 Å². The lowest BCUT2D eigenvalue weighted by Crippen LogP contribution is -2.28. The van der Waals surface area contributed by atoms with Crippen LogP contribution in [0.25, 0.3) is 92.9 Å². The summed E-state index contributed by atoms with van der Waals surface area (Å²) in [4.78, 5) is 12.4. The Labute approximate surface area is 334 Å². The van der Waals surface area contributed by atoms with Crippen LogP contribution in [0.2, 0.25) is 0 Å². The average Bonchev–Trinajstić information content (AvgIpc) is 3.80. The predicted octanol–water partition coefficient (Wildman–Crippen LogP) is 13.7. The van der Waals surface area contributed by atoms with Crippen molar-refractivity contribution >= 4 is 87.3 Å². The third kappa shape index (κ3) is 4.45. The molecular weight excluding hydrogens is 705 g/mol. The second kappa shape index (κ2) is 12.0. The Hall–Kier alpha value is -7.56. The molecule has 13 rings (SSSR count). The molecule has 2 atom stereocenters. The first-order chi connectivity index (χ1) is 28.8. The zero-order valence-electron chi connectivity index (χ0n) is 31.4. The van der Waals surface area contributed by atoms with Crippen molar-refractivity contribution in [3.63, 3.8) is 0 Å². The summed E-state index contributed by atoms with van der Waals surface area (Å²) in [6.45, 7) is 0. The van der Waals surface area contributed by atoms with Crippen LogP contribution in [-0.2, 0) is 0 Å². The Bertz CT molecular complexity index is 3600. The molecule has 0 N–H and O–H groups in total. The highest BCUT2D eigenvalue weighted by Gasteiger charge is 2.37. The average molecular weight is 739 g/mol. The molecule has 0 saturated heterocycles. The first kappa shape index (κ1) is 31.6. The number of para-hydroxylation sites is 2. The van der Waals surface area contributed by atoms with E-state index in [1.165, 1.54) is 76.7 Å². The fourth-order valence-corrected chi connectivity index (χ4v) is 10.1. The van der Waals surface area contributed by atoms with Crippen molar-refractivity contribution in [1.29, 1.82) is 0 Å². The van der Waals surface area contributed by atoms with Crippen molar-refractivity contribution in [3.8, 4) is 16.9 Å². The van der Waals surface area contributed by atoms with Crippen molar-refractivity contribution in [2.75, 3.05) is 4.90 Å². The van der Waals surface area contributed by atoms with E-state index in [-0.39, 0.29) is 12.0 Å². The minimum Gasteiger partial charge on any atom is -0.333 e. The Morgan fingerprint density at radius 3 is 2.05 bits per heavy atom. The number of benzene rings is 8. The Morgan fingerprint density at radius 1 is 0.448 bits per heavy atom. The molecule has 4 heteroatoms. The van der Waals surface area contributed by atoms with E-state index in [9.17, 15) is 0 Å². The number of hydrogen-bond donors (Lipinski definition) is 0. The van der Waals surface area contributed by atoms with Crippen LogP contribution in [0.4, 0.5) is 11.4 Å². The summed E-state index contributed by atoms with van der Waals surface area (Å²) >= 11 is 0. The summed E-state index contributed by atoms with van der Waals surface area (Å²) in [5.74, 6) is 0.269. The molecule has 8 aromatic carbocycles. The Morgan fingerprint density at radius 2 is 1.17 bits per heavy atom. The van der Waals surface area contributed by atoms with Crippen molar-refractivity contribution in [2.24, 2.45) is 0 Å². The summed E-state index contributed by atoms with van der Waals surface area (Å²) in [5, 5.41) is 12.2. The van der Waals surface area contributed by atoms with Crippen molar-refractivity contribution in [1.82, 2.24) is 14.5 Å². The van der Waals surface area contributed by atoms with Crippen LogP contribution in [0.1, 0.15) is 11.5 Å². The summed E-state index contributed by atoms with van der Waals surface area (Å²) in [5.41, 5.74) is 11.3. The highest BCUT2D eigenvalue weighted by atomic mass is 15.2. The molecule has 4 heterocycles. The summed E-state index contributed by atoms with van der Waals surface area (Å²) in [6, 6.07) is 60.3. The maximum Gasteiger partial charge on any atom is 0.0972 e. The van der Waals surface area contributed by atoms with Gasteiger partial charge in [0.15, 0.2) is 0 Å². The number of allylic oxidation sites excluding steroid dienone is 2. The second-order valence-electron chi connectivity index (χ2n) is 15.7. The lowest BCUT2D eigenvalue weighted by molar-refractivity contribution is 0.744. The molecule has 1 aliphatic heterocycles. The van der Waals surface area contributed by atoms with E-state index in [1.54, 1.807) is 0 Å². The van der Waals surface area contributed by atoms with E-state index >= 15 is 0 Å². The Kier molecular flexibility index (Phi) is 6.53. The molecule has 58 heavy (non-hydrogen) atoms. The van der Waals surface area contributed by atoms with Gasteiger partial charge in [0, 0.05) is 56.3 Å². The third-order valence-electron chi connectivity index (χ3n) is 12.7. The minimum absolute atomic E-state index is 0.241. The second-order valence-corrected chi connectivity index (χ2v) is 15.7. The zero-order valence-corrected chi connectivity index (χ0v) is 31.4. The molecule has 0 spiro atoms. The number of hydrogen-bond acceptors (Lipinski definition) is 3. The van der Waals surface area contributed by atoms with Gasteiger partial charge in [-0.3, -0.25) is 4.98 Å². The number of nitrogens with zero attached hydrogens (tertiary/aromatic N) is 4. The first-order valence-electron chi connectivity index (χ1n) is 20.1. The maximum atomic E-state index is 5.23. The fraction of sp³-hybridized carbons (Fsp3) is 0.0370. The van der Waals surface area contributed by atoms with Crippen LogP contribution in [0.3, 0.4) is 0 Å². The van der Waals surface area contributed by atoms with Crippen LogP contribution >= 0.6 is 0 Å². The lowest BCUT2D eigenvalue weighted by Gasteiger charge is -2.28. The molecule has 1 aliphatic carbocycles. The van der Waals surface area contributed by atoms with Gasteiger partial charge in [0.1, 0.15) is 0 Å². The largest absolute Gasteiger partial charge is 0.333 e. The molecule has 0 amide bonds. The molecule has 0 fully saturated rings. The first-order valence-corrected chi connectivity index (χ1v) is 20.1.